The lowest BCUT2D eigenvalue weighted by Gasteiger charge is -2.26. The summed E-state index contributed by atoms with van der Waals surface area (Å²) >= 11 is 8.49. The van der Waals surface area contributed by atoms with Crippen LogP contribution in [0.15, 0.2) is 54.7 Å². The van der Waals surface area contributed by atoms with Crippen molar-refractivity contribution < 1.29 is 14.6 Å². The van der Waals surface area contributed by atoms with E-state index in [1.54, 1.807) is 17.5 Å². The lowest BCUT2D eigenvalue weighted by atomic mass is 10.0. The third-order valence-electron chi connectivity index (χ3n) is 6.09. The van der Waals surface area contributed by atoms with E-state index in [0.29, 0.717) is 30.5 Å². The molecule has 1 fully saturated rings. The largest absolute Gasteiger partial charge is 0.492 e. The second-order valence-corrected chi connectivity index (χ2v) is 10.1. The first kappa shape index (κ1) is 25.8. The van der Waals surface area contributed by atoms with Crippen molar-refractivity contribution in [1.82, 2.24) is 20.2 Å². The van der Waals surface area contributed by atoms with Gasteiger partial charge in [-0.2, -0.15) is 0 Å². The van der Waals surface area contributed by atoms with Gasteiger partial charge in [0, 0.05) is 44.5 Å². The van der Waals surface area contributed by atoms with Crippen LogP contribution >= 0.6 is 22.9 Å². The minimum absolute atomic E-state index is 0.0948. The number of hydrogen-bond donors (Lipinski definition) is 3. The topological polar surface area (TPSA) is 91.8 Å². The van der Waals surface area contributed by atoms with Crippen molar-refractivity contribution in [2.24, 2.45) is 0 Å². The summed E-state index contributed by atoms with van der Waals surface area (Å²) in [4.78, 5) is 11.6. The fourth-order valence-electron chi connectivity index (χ4n) is 4.19. The summed E-state index contributed by atoms with van der Waals surface area (Å²) in [5, 5.41) is 17.1. The zero-order valence-electron chi connectivity index (χ0n) is 20.5. The van der Waals surface area contributed by atoms with E-state index in [9.17, 15) is 0 Å². The Labute approximate surface area is 225 Å². The number of nitrogens with one attached hydrogen (secondary N) is 2. The Hall–Kier alpha value is -2.79. The normalized spacial score (nSPS) is 14.2. The Bertz CT molecular complexity index is 1330. The average molecular weight is 540 g/mol. The quantitative estimate of drug-likeness (QED) is 0.239. The summed E-state index contributed by atoms with van der Waals surface area (Å²) in [7, 11) is 0. The van der Waals surface area contributed by atoms with Gasteiger partial charge in [0.05, 0.1) is 35.2 Å². The van der Waals surface area contributed by atoms with E-state index in [1.807, 2.05) is 48.5 Å². The summed E-state index contributed by atoms with van der Waals surface area (Å²) in [6, 6.07) is 15.9. The summed E-state index contributed by atoms with van der Waals surface area (Å²) < 4.78 is 12.5. The molecule has 0 unspecified atom stereocenters. The molecule has 0 atom stereocenters. The number of aromatic nitrogens is 2. The van der Waals surface area contributed by atoms with Gasteiger partial charge >= 0.3 is 0 Å². The molecule has 0 bridgehead atoms. The van der Waals surface area contributed by atoms with E-state index in [0.717, 1.165) is 70.6 Å². The molecular weight excluding hydrogens is 510 g/mol. The van der Waals surface area contributed by atoms with Crippen molar-refractivity contribution in [1.29, 1.82) is 0 Å². The van der Waals surface area contributed by atoms with Crippen molar-refractivity contribution in [2.75, 3.05) is 57.9 Å². The van der Waals surface area contributed by atoms with Crippen LogP contribution in [0.2, 0.25) is 5.02 Å². The van der Waals surface area contributed by atoms with Crippen LogP contribution in [-0.4, -0.2) is 72.6 Å². The molecule has 194 valence electrons. The van der Waals surface area contributed by atoms with Crippen LogP contribution in [-0.2, 0) is 11.3 Å². The standard InChI is InChI=1S/C27H30ClN5O3S/c28-25-21(19-3-1-4-20(17-19)36-16-12-33-10-14-35-15-11-33)5-2-6-22(25)31-27-26-23(7-8-30-27)37-24(32-26)18-29-9-13-34/h1-8,17,29,34H,9-16,18H2,(H,30,31). The van der Waals surface area contributed by atoms with Crippen LogP contribution in [0.5, 0.6) is 5.75 Å². The molecule has 0 aliphatic carbocycles. The SMILES string of the molecule is OCCNCc1nc2c(Nc3cccc(-c4cccc(OCCN5CCOCC5)c4)c3Cl)nccc2s1. The van der Waals surface area contributed by atoms with Gasteiger partial charge in [0.1, 0.15) is 22.9 Å². The molecule has 10 heteroatoms. The number of ether oxygens (including phenoxy) is 2. The summed E-state index contributed by atoms with van der Waals surface area (Å²) in [5.74, 6) is 1.47. The number of thiazole rings is 1. The highest BCUT2D eigenvalue weighted by atomic mass is 35.5. The highest BCUT2D eigenvalue weighted by Crippen LogP contribution is 2.37. The monoisotopic (exact) mass is 539 g/mol. The lowest BCUT2D eigenvalue weighted by molar-refractivity contribution is 0.0322. The zero-order chi connectivity index (χ0) is 25.5. The molecule has 1 aliphatic heterocycles. The number of fused-ring (bicyclic) bond motifs is 1. The third-order valence-corrected chi connectivity index (χ3v) is 7.52. The number of rotatable bonds is 11. The van der Waals surface area contributed by atoms with Crippen LogP contribution in [0.25, 0.3) is 21.3 Å². The predicted octanol–water partition coefficient (Wildman–Crippen LogP) is 4.55. The van der Waals surface area contributed by atoms with Crippen molar-refractivity contribution in [3.05, 3.63) is 64.8 Å². The number of morpholine rings is 1. The van der Waals surface area contributed by atoms with Gasteiger partial charge in [0.25, 0.3) is 0 Å². The molecule has 8 nitrogen and oxygen atoms in total. The molecular formula is C27H30ClN5O3S. The fourth-order valence-corrected chi connectivity index (χ4v) is 5.41. The predicted molar refractivity (Wildman–Crippen MR) is 149 cm³/mol. The zero-order valence-corrected chi connectivity index (χ0v) is 22.0. The second-order valence-electron chi connectivity index (χ2n) is 8.64. The van der Waals surface area contributed by atoms with E-state index in [4.69, 9.17) is 31.2 Å². The molecule has 0 spiro atoms. The number of anilines is 2. The maximum atomic E-state index is 9.00. The number of nitrogens with zero attached hydrogens (tertiary/aromatic N) is 3. The number of aliphatic hydroxyl groups is 1. The van der Waals surface area contributed by atoms with E-state index in [-0.39, 0.29) is 6.61 Å². The number of benzene rings is 2. The van der Waals surface area contributed by atoms with Gasteiger partial charge in [0.15, 0.2) is 5.82 Å². The molecule has 2 aromatic heterocycles. The van der Waals surface area contributed by atoms with E-state index < -0.39 is 0 Å². The highest BCUT2D eigenvalue weighted by Gasteiger charge is 2.14. The Morgan fingerprint density at radius 1 is 1.14 bits per heavy atom. The lowest BCUT2D eigenvalue weighted by Crippen LogP contribution is -2.38. The third kappa shape index (κ3) is 6.56. The number of pyridine rings is 1. The Morgan fingerprint density at radius 3 is 2.86 bits per heavy atom. The van der Waals surface area contributed by atoms with E-state index >= 15 is 0 Å². The first-order valence-electron chi connectivity index (χ1n) is 12.4. The molecule has 37 heavy (non-hydrogen) atoms. The summed E-state index contributed by atoms with van der Waals surface area (Å²) in [6.45, 7) is 6.19. The molecule has 3 N–H and O–H groups in total. The van der Waals surface area contributed by atoms with Gasteiger partial charge in [-0.25, -0.2) is 9.97 Å². The molecule has 5 rings (SSSR count). The van der Waals surface area contributed by atoms with Crippen LogP contribution in [0, 0.1) is 0 Å². The van der Waals surface area contributed by atoms with Gasteiger partial charge in [-0.3, -0.25) is 4.90 Å². The van der Waals surface area contributed by atoms with Crippen molar-refractivity contribution in [3.63, 3.8) is 0 Å². The Kier molecular flexibility index (Phi) is 8.83. The molecule has 1 saturated heterocycles. The Balaban J connectivity index is 1.31. The molecule has 4 aromatic rings. The van der Waals surface area contributed by atoms with Crippen molar-refractivity contribution in [2.45, 2.75) is 6.54 Å². The van der Waals surface area contributed by atoms with Crippen LogP contribution < -0.4 is 15.4 Å². The molecule has 1 aliphatic rings. The summed E-state index contributed by atoms with van der Waals surface area (Å²) in [6.07, 6.45) is 1.77. The first-order valence-corrected chi connectivity index (χ1v) is 13.6. The molecule has 3 heterocycles. The van der Waals surface area contributed by atoms with Crippen LogP contribution in [0.3, 0.4) is 0 Å². The van der Waals surface area contributed by atoms with Crippen molar-refractivity contribution in [3.8, 4) is 16.9 Å². The molecule has 0 amide bonds. The molecule has 2 aromatic carbocycles. The minimum Gasteiger partial charge on any atom is -0.492 e. The van der Waals surface area contributed by atoms with Gasteiger partial charge in [-0.1, -0.05) is 35.9 Å². The Morgan fingerprint density at radius 2 is 2.00 bits per heavy atom. The second kappa shape index (κ2) is 12.6. The fraction of sp³-hybridized carbons (Fsp3) is 0.333. The van der Waals surface area contributed by atoms with Crippen molar-refractivity contribution >= 4 is 44.7 Å². The number of hydrogen-bond acceptors (Lipinski definition) is 9. The van der Waals surface area contributed by atoms with E-state index in [1.165, 1.54) is 0 Å². The van der Waals surface area contributed by atoms with E-state index in [2.05, 4.69) is 20.5 Å². The number of aliphatic hydroxyl groups excluding tert-OH is 1. The highest BCUT2D eigenvalue weighted by molar-refractivity contribution is 7.18. The van der Waals surface area contributed by atoms with Crippen LogP contribution in [0.4, 0.5) is 11.5 Å². The minimum atomic E-state index is 0.0948. The van der Waals surface area contributed by atoms with Gasteiger partial charge in [-0.15, -0.1) is 11.3 Å². The van der Waals surface area contributed by atoms with Gasteiger partial charge in [-0.05, 0) is 29.8 Å². The average Bonchev–Trinajstić information content (AvgIpc) is 3.35. The first-order chi connectivity index (χ1) is 18.2. The molecule has 0 saturated carbocycles. The smallest absolute Gasteiger partial charge is 0.157 e. The van der Waals surface area contributed by atoms with Crippen LogP contribution in [0.1, 0.15) is 5.01 Å². The number of halogens is 1. The maximum Gasteiger partial charge on any atom is 0.157 e. The van der Waals surface area contributed by atoms with Gasteiger partial charge in [0.2, 0.25) is 0 Å². The summed E-state index contributed by atoms with van der Waals surface area (Å²) in [5.41, 5.74) is 3.44. The maximum absolute atomic E-state index is 9.00. The molecule has 0 radical (unpaired) electrons. The van der Waals surface area contributed by atoms with Gasteiger partial charge < -0.3 is 25.2 Å².